The molecule has 0 bridgehead atoms. The second-order valence-corrected chi connectivity index (χ2v) is 4.78. The molecule has 1 unspecified atom stereocenters. The van der Waals surface area contributed by atoms with E-state index in [-0.39, 0.29) is 0 Å². The van der Waals surface area contributed by atoms with E-state index in [0.717, 1.165) is 0 Å². The molecule has 0 N–H and O–H groups in total. The van der Waals surface area contributed by atoms with Crippen molar-refractivity contribution in [3.63, 3.8) is 0 Å². The van der Waals surface area contributed by atoms with Crippen LogP contribution in [-0.2, 0) is 0 Å². The van der Waals surface area contributed by atoms with E-state index in [9.17, 15) is 0 Å². The summed E-state index contributed by atoms with van der Waals surface area (Å²) in [4.78, 5) is 0. The summed E-state index contributed by atoms with van der Waals surface area (Å²) in [5.41, 5.74) is 7.03. The first-order valence-corrected chi connectivity index (χ1v) is 6.14. The van der Waals surface area contributed by atoms with Crippen molar-refractivity contribution in [1.82, 2.24) is 0 Å². The minimum absolute atomic E-state index is 0.543. The first kappa shape index (κ1) is 10.9. The van der Waals surface area contributed by atoms with Gasteiger partial charge in [-0.15, -0.1) is 0 Å². The molecule has 0 aromatic heterocycles. The van der Waals surface area contributed by atoms with Crippen LogP contribution in [0.1, 0.15) is 22.6 Å². The number of hydrogen-bond donors (Lipinski definition) is 0. The topological polar surface area (TPSA) is 0 Å². The van der Waals surface area contributed by atoms with Gasteiger partial charge >= 0.3 is 112 Å². The molecule has 0 saturated carbocycles. The number of hydrogen-bond acceptors (Lipinski definition) is 0. The molecular weight excluding hydrogens is 199 g/mol. The SMILES string of the molecule is [Li][CH]1C(C)=Cc2cccc(-c3ccccc3)c21. The molecule has 1 heteroatoms. The van der Waals surface area contributed by atoms with Gasteiger partial charge < -0.3 is 0 Å². The van der Waals surface area contributed by atoms with Crippen LogP contribution in [0.15, 0.2) is 54.1 Å². The van der Waals surface area contributed by atoms with Crippen molar-refractivity contribution in [3.05, 3.63) is 65.2 Å². The van der Waals surface area contributed by atoms with Gasteiger partial charge in [-0.25, -0.2) is 0 Å². The zero-order chi connectivity index (χ0) is 11.8. The van der Waals surface area contributed by atoms with Crippen molar-refractivity contribution in [2.75, 3.05) is 0 Å². The molecule has 0 fully saturated rings. The molecule has 2 aromatic carbocycles. The van der Waals surface area contributed by atoms with Crippen molar-refractivity contribution < 1.29 is 0 Å². The molecule has 1 atom stereocenters. The molecule has 0 aliphatic heterocycles. The molecule has 3 rings (SSSR count). The van der Waals surface area contributed by atoms with Gasteiger partial charge in [-0.3, -0.25) is 0 Å². The van der Waals surface area contributed by atoms with Crippen LogP contribution in [0, 0.1) is 0 Å². The monoisotopic (exact) mass is 212 g/mol. The molecule has 0 spiro atoms. The summed E-state index contributed by atoms with van der Waals surface area (Å²) in [5, 5.41) is 0. The van der Waals surface area contributed by atoms with E-state index in [1.807, 2.05) is 0 Å². The standard InChI is InChI=1S/C16H13.Li/c1-12-10-14-8-5-9-15(16(14)11-12)13-6-3-2-4-7-13;/h2-11H,1H3;. The van der Waals surface area contributed by atoms with E-state index in [1.54, 1.807) is 0 Å². The van der Waals surface area contributed by atoms with E-state index in [4.69, 9.17) is 0 Å². The van der Waals surface area contributed by atoms with Crippen molar-refractivity contribution in [3.8, 4) is 11.1 Å². The van der Waals surface area contributed by atoms with Crippen LogP contribution in [0.5, 0.6) is 0 Å². The Labute approximate surface area is 112 Å². The molecule has 2 aromatic rings. The second-order valence-electron chi connectivity index (χ2n) is 4.78. The summed E-state index contributed by atoms with van der Waals surface area (Å²) in [5.74, 6) is 0. The zero-order valence-corrected chi connectivity index (χ0v) is 10.3. The van der Waals surface area contributed by atoms with Gasteiger partial charge in [-0.05, 0) is 0 Å². The Bertz CT molecular complexity index is 582. The fourth-order valence-corrected chi connectivity index (χ4v) is 2.66. The fraction of sp³-hybridized carbons (Fsp3) is 0.125. The summed E-state index contributed by atoms with van der Waals surface area (Å²) in [6.45, 7) is 2.22. The first-order valence-electron chi connectivity index (χ1n) is 6.14. The van der Waals surface area contributed by atoms with Gasteiger partial charge in [-0.2, -0.15) is 0 Å². The van der Waals surface area contributed by atoms with Crippen molar-refractivity contribution in [2.45, 2.75) is 11.5 Å². The van der Waals surface area contributed by atoms with Gasteiger partial charge in [0.1, 0.15) is 0 Å². The van der Waals surface area contributed by atoms with E-state index >= 15 is 0 Å². The number of rotatable bonds is 1. The Kier molecular flexibility index (Phi) is 2.71. The minimum atomic E-state index is 0.543. The predicted octanol–water partition coefficient (Wildman–Crippen LogP) is 3.98. The van der Waals surface area contributed by atoms with Gasteiger partial charge in [0.15, 0.2) is 0 Å². The van der Waals surface area contributed by atoms with Crippen LogP contribution in [-0.4, -0.2) is 17.7 Å². The Balaban J connectivity index is 2.20. The van der Waals surface area contributed by atoms with Gasteiger partial charge in [0, 0.05) is 0 Å². The average molecular weight is 212 g/mol. The normalized spacial score (nSPS) is 17.8. The molecule has 0 heterocycles. The molecule has 0 saturated heterocycles. The van der Waals surface area contributed by atoms with Gasteiger partial charge in [-0.1, -0.05) is 0 Å². The Hall–Kier alpha value is -1.22. The van der Waals surface area contributed by atoms with Gasteiger partial charge in [0.2, 0.25) is 0 Å². The molecular formula is C16H13Li. The predicted molar refractivity (Wildman–Crippen MR) is 74.0 cm³/mol. The fourth-order valence-electron chi connectivity index (χ4n) is 2.66. The second kappa shape index (κ2) is 4.22. The van der Waals surface area contributed by atoms with Crippen molar-refractivity contribution in [1.29, 1.82) is 0 Å². The third kappa shape index (κ3) is 1.78. The molecule has 78 valence electrons. The van der Waals surface area contributed by atoms with Gasteiger partial charge in [0.05, 0.1) is 0 Å². The van der Waals surface area contributed by atoms with Gasteiger partial charge in [0.25, 0.3) is 0 Å². The van der Waals surface area contributed by atoms with Crippen LogP contribution >= 0.6 is 0 Å². The van der Waals surface area contributed by atoms with Crippen LogP contribution in [0.2, 0.25) is 0 Å². The summed E-state index contributed by atoms with van der Waals surface area (Å²) < 4.78 is 0.543. The zero-order valence-electron chi connectivity index (χ0n) is 10.3. The molecule has 0 radical (unpaired) electrons. The Morgan fingerprint density at radius 3 is 2.47 bits per heavy atom. The van der Waals surface area contributed by atoms with E-state index in [0.29, 0.717) is 4.59 Å². The third-order valence-corrected chi connectivity index (χ3v) is 3.72. The molecule has 0 nitrogen and oxygen atoms in total. The average Bonchev–Trinajstić information content (AvgIpc) is 2.66. The Morgan fingerprint density at radius 1 is 0.941 bits per heavy atom. The van der Waals surface area contributed by atoms with Crippen LogP contribution in [0.25, 0.3) is 17.2 Å². The van der Waals surface area contributed by atoms with E-state index < -0.39 is 0 Å². The van der Waals surface area contributed by atoms with Crippen LogP contribution < -0.4 is 0 Å². The van der Waals surface area contributed by atoms with Crippen LogP contribution in [0.4, 0.5) is 0 Å². The summed E-state index contributed by atoms with van der Waals surface area (Å²) >= 11 is 2.30. The summed E-state index contributed by atoms with van der Waals surface area (Å²) in [7, 11) is 0. The number of allylic oxidation sites excluding steroid dienone is 1. The molecule has 1 aliphatic carbocycles. The molecule has 0 amide bonds. The van der Waals surface area contributed by atoms with Crippen molar-refractivity contribution in [2.24, 2.45) is 0 Å². The number of benzene rings is 2. The maximum absolute atomic E-state index is 2.31. The summed E-state index contributed by atoms with van der Waals surface area (Å²) in [6.07, 6.45) is 2.31. The quantitative estimate of drug-likeness (QED) is 0.627. The maximum atomic E-state index is 2.31. The van der Waals surface area contributed by atoms with E-state index in [2.05, 4.69) is 79.2 Å². The van der Waals surface area contributed by atoms with Crippen LogP contribution in [0.3, 0.4) is 0 Å². The third-order valence-electron chi connectivity index (χ3n) is 3.72. The summed E-state index contributed by atoms with van der Waals surface area (Å²) in [6, 6.07) is 17.3. The van der Waals surface area contributed by atoms with Crippen molar-refractivity contribution >= 4 is 23.8 Å². The number of fused-ring (bicyclic) bond motifs is 1. The van der Waals surface area contributed by atoms with E-state index in [1.165, 1.54) is 27.8 Å². The molecule has 1 aliphatic rings. The first-order chi connectivity index (χ1) is 8.27. The Morgan fingerprint density at radius 2 is 1.71 bits per heavy atom. The molecule has 17 heavy (non-hydrogen) atoms.